The summed E-state index contributed by atoms with van der Waals surface area (Å²) < 4.78 is 0. The standard InChI is InChI=1S/C13H18N4O6/c1-4-5-6-7-14(17(22)23)13-11(15(18)19)8-9(2)10(3)12(13)16(20)21/h8H,4-7H2,1-3H3. The molecule has 1 rings (SSSR count). The van der Waals surface area contributed by atoms with E-state index in [0.717, 1.165) is 12.5 Å². The van der Waals surface area contributed by atoms with Gasteiger partial charge in [0.1, 0.15) is 0 Å². The van der Waals surface area contributed by atoms with Crippen LogP contribution in [0, 0.1) is 44.2 Å². The summed E-state index contributed by atoms with van der Waals surface area (Å²) in [4.78, 5) is 32.3. The van der Waals surface area contributed by atoms with Gasteiger partial charge in [0.15, 0.2) is 5.03 Å². The third kappa shape index (κ3) is 3.90. The first-order chi connectivity index (χ1) is 10.7. The maximum absolute atomic E-state index is 11.4. The fourth-order valence-corrected chi connectivity index (χ4v) is 2.27. The van der Waals surface area contributed by atoms with Crippen LogP contribution in [-0.2, 0) is 0 Å². The molecular weight excluding hydrogens is 308 g/mol. The third-order valence-electron chi connectivity index (χ3n) is 3.57. The lowest BCUT2D eigenvalue weighted by molar-refractivity contribution is -0.497. The van der Waals surface area contributed by atoms with Crippen molar-refractivity contribution in [3.63, 3.8) is 0 Å². The molecule has 1 aromatic rings. The number of hydrazine groups is 1. The molecule has 0 heterocycles. The molecule has 0 N–H and O–H groups in total. The van der Waals surface area contributed by atoms with Crippen LogP contribution >= 0.6 is 0 Å². The van der Waals surface area contributed by atoms with E-state index in [1.165, 1.54) is 13.8 Å². The molecule has 23 heavy (non-hydrogen) atoms. The van der Waals surface area contributed by atoms with E-state index in [-0.39, 0.29) is 12.1 Å². The first-order valence-corrected chi connectivity index (χ1v) is 7.07. The van der Waals surface area contributed by atoms with E-state index in [4.69, 9.17) is 0 Å². The number of nitro groups is 3. The summed E-state index contributed by atoms with van der Waals surface area (Å²) >= 11 is 0. The molecule has 10 nitrogen and oxygen atoms in total. The number of rotatable bonds is 8. The Hall–Kier alpha value is -2.78. The van der Waals surface area contributed by atoms with Gasteiger partial charge in [-0.1, -0.05) is 24.8 Å². The average Bonchev–Trinajstić information content (AvgIpc) is 2.45. The lowest BCUT2D eigenvalue weighted by Crippen LogP contribution is -2.32. The molecule has 1 aromatic carbocycles. The highest BCUT2D eigenvalue weighted by atomic mass is 16.7. The normalized spacial score (nSPS) is 10.4. The maximum atomic E-state index is 11.4. The van der Waals surface area contributed by atoms with Crippen LogP contribution in [0.2, 0.25) is 0 Å². The van der Waals surface area contributed by atoms with E-state index in [2.05, 4.69) is 0 Å². The Bertz CT molecular complexity index is 646. The second-order valence-electron chi connectivity index (χ2n) is 5.12. The van der Waals surface area contributed by atoms with Crippen LogP contribution in [0.1, 0.15) is 37.3 Å². The molecule has 0 aliphatic heterocycles. The zero-order chi connectivity index (χ0) is 17.7. The molecule has 0 unspecified atom stereocenters. The molecular formula is C13H18N4O6. The van der Waals surface area contributed by atoms with Gasteiger partial charge in [-0.3, -0.25) is 20.2 Å². The summed E-state index contributed by atoms with van der Waals surface area (Å²) in [5, 5.41) is 33.6. The van der Waals surface area contributed by atoms with Gasteiger partial charge in [0, 0.05) is 11.6 Å². The highest BCUT2D eigenvalue weighted by Crippen LogP contribution is 2.41. The molecule has 0 aliphatic carbocycles. The van der Waals surface area contributed by atoms with Crippen molar-refractivity contribution in [2.24, 2.45) is 0 Å². The zero-order valence-electron chi connectivity index (χ0n) is 13.1. The van der Waals surface area contributed by atoms with Gasteiger partial charge in [0.2, 0.25) is 0 Å². The van der Waals surface area contributed by atoms with Gasteiger partial charge in [-0.15, -0.1) is 0 Å². The highest BCUT2D eigenvalue weighted by molar-refractivity contribution is 5.77. The Morgan fingerprint density at radius 1 is 1.04 bits per heavy atom. The number of benzene rings is 1. The van der Waals surface area contributed by atoms with Crippen molar-refractivity contribution in [2.75, 3.05) is 11.6 Å². The maximum Gasteiger partial charge on any atom is 0.308 e. The van der Waals surface area contributed by atoms with Crippen LogP contribution in [-0.4, -0.2) is 21.4 Å². The van der Waals surface area contributed by atoms with E-state index in [0.29, 0.717) is 23.4 Å². The van der Waals surface area contributed by atoms with Crippen LogP contribution in [0.25, 0.3) is 0 Å². The van der Waals surface area contributed by atoms with Gasteiger partial charge >= 0.3 is 11.4 Å². The van der Waals surface area contributed by atoms with Gasteiger partial charge in [0.25, 0.3) is 5.69 Å². The van der Waals surface area contributed by atoms with Gasteiger partial charge in [-0.25, -0.2) is 10.1 Å². The zero-order valence-corrected chi connectivity index (χ0v) is 13.1. The summed E-state index contributed by atoms with van der Waals surface area (Å²) in [6.45, 7) is 4.68. The summed E-state index contributed by atoms with van der Waals surface area (Å²) in [7, 11) is 0. The van der Waals surface area contributed by atoms with E-state index < -0.39 is 31.9 Å². The van der Waals surface area contributed by atoms with E-state index in [9.17, 15) is 30.3 Å². The van der Waals surface area contributed by atoms with E-state index in [1.807, 2.05) is 6.92 Å². The van der Waals surface area contributed by atoms with Crippen molar-refractivity contribution in [1.82, 2.24) is 0 Å². The molecule has 0 saturated carbocycles. The predicted molar refractivity (Wildman–Crippen MR) is 83.1 cm³/mol. The molecule has 0 saturated heterocycles. The summed E-state index contributed by atoms with van der Waals surface area (Å²) in [6.07, 6.45) is 1.87. The van der Waals surface area contributed by atoms with Crippen LogP contribution < -0.4 is 5.01 Å². The monoisotopic (exact) mass is 326 g/mol. The highest BCUT2D eigenvalue weighted by Gasteiger charge is 2.38. The fourth-order valence-electron chi connectivity index (χ4n) is 2.27. The molecule has 0 spiro atoms. The number of hydrogen-bond acceptors (Lipinski definition) is 6. The van der Waals surface area contributed by atoms with Crippen molar-refractivity contribution in [2.45, 2.75) is 40.0 Å². The molecule has 10 heteroatoms. The van der Waals surface area contributed by atoms with Crippen LogP contribution in [0.3, 0.4) is 0 Å². The quantitative estimate of drug-likeness (QED) is 0.406. The molecule has 126 valence electrons. The predicted octanol–water partition coefficient (Wildman–Crippen LogP) is 3.31. The minimum atomic E-state index is -0.834. The van der Waals surface area contributed by atoms with Gasteiger partial charge < -0.3 is 0 Å². The lowest BCUT2D eigenvalue weighted by atomic mass is 10.0. The van der Waals surface area contributed by atoms with Crippen molar-refractivity contribution in [1.29, 1.82) is 0 Å². The third-order valence-corrected chi connectivity index (χ3v) is 3.57. The molecule has 0 aromatic heterocycles. The van der Waals surface area contributed by atoms with Gasteiger partial charge in [-0.2, -0.15) is 0 Å². The molecule has 0 bridgehead atoms. The SMILES string of the molecule is CCCCCN(c1c([N+](=O)[O-])cc(C)c(C)c1[N+](=O)[O-])[N+](=O)[O-]. The van der Waals surface area contributed by atoms with E-state index in [1.54, 1.807) is 0 Å². The van der Waals surface area contributed by atoms with Crippen molar-refractivity contribution in [3.8, 4) is 0 Å². The van der Waals surface area contributed by atoms with Gasteiger partial charge in [0.05, 0.1) is 16.4 Å². The molecule has 0 fully saturated rings. The van der Waals surface area contributed by atoms with Crippen LogP contribution in [0.15, 0.2) is 6.07 Å². The fraction of sp³-hybridized carbons (Fsp3) is 0.538. The molecule has 0 amide bonds. The second kappa shape index (κ2) is 7.47. The summed E-state index contributed by atoms with van der Waals surface area (Å²) in [5.41, 5.74) is -1.27. The molecule has 0 atom stereocenters. The van der Waals surface area contributed by atoms with Crippen molar-refractivity contribution >= 4 is 17.1 Å². The number of aryl methyl sites for hydroxylation is 1. The summed E-state index contributed by atoms with van der Waals surface area (Å²) in [5.74, 6) is 0. The Morgan fingerprint density at radius 2 is 1.65 bits per heavy atom. The van der Waals surface area contributed by atoms with Crippen molar-refractivity contribution in [3.05, 3.63) is 47.5 Å². The van der Waals surface area contributed by atoms with E-state index >= 15 is 0 Å². The molecule has 0 aliphatic rings. The smallest absolute Gasteiger partial charge is 0.258 e. The minimum absolute atomic E-state index is 0.134. The second-order valence-corrected chi connectivity index (χ2v) is 5.12. The number of unbranched alkanes of at least 4 members (excludes halogenated alkanes) is 2. The Labute approximate surface area is 132 Å². The van der Waals surface area contributed by atoms with Crippen LogP contribution in [0.5, 0.6) is 0 Å². The first kappa shape index (κ1) is 18.3. The Morgan fingerprint density at radius 3 is 2.09 bits per heavy atom. The minimum Gasteiger partial charge on any atom is -0.258 e. The largest absolute Gasteiger partial charge is 0.308 e. The Kier molecular flexibility index (Phi) is 5.94. The topological polar surface area (TPSA) is 133 Å². The number of hydrogen-bond donors (Lipinski definition) is 0. The van der Waals surface area contributed by atoms with Gasteiger partial charge in [-0.05, 0) is 25.8 Å². The number of nitrogens with zero attached hydrogens (tertiary/aromatic N) is 4. The van der Waals surface area contributed by atoms with Crippen LogP contribution in [0.4, 0.5) is 17.1 Å². The molecule has 0 radical (unpaired) electrons. The average molecular weight is 326 g/mol. The number of nitro benzene ring substituents is 2. The summed E-state index contributed by atoms with van der Waals surface area (Å²) in [6, 6.07) is 1.13. The first-order valence-electron chi connectivity index (χ1n) is 7.07. The lowest BCUT2D eigenvalue weighted by Gasteiger charge is -2.16. The van der Waals surface area contributed by atoms with Crippen molar-refractivity contribution < 1.29 is 14.9 Å². The Balaban J connectivity index is 3.61. The number of anilines is 1.